The van der Waals surface area contributed by atoms with Gasteiger partial charge in [0, 0.05) is 23.6 Å². The molecule has 2 heterocycles. The van der Waals surface area contributed by atoms with Gasteiger partial charge in [0.1, 0.15) is 24.4 Å². The van der Waals surface area contributed by atoms with Crippen molar-refractivity contribution in [2.45, 2.75) is 13.5 Å². The highest BCUT2D eigenvalue weighted by molar-refractivity contribution is 6.04. The molecule has 29 heavy (non-hydrogen) atoms. The third-order valence-corrected chi connectivity index (χ3v) is 4.23. The van der Waals surface area contributed by atoms with Gasteiger partial charge in [-0.1, -0.05) is 29.8 Å². The van der Waals surface area contributed by atoms with Gasteiger partial charge in [0.05, 0.1) is 0 Å². The van der Waals surface area contributed by atoms with E-state index in [1.807, 2.05) is 25.1 Å². The third-order valence-electron chi connectivity index (χ3n) is 4.23. The lowest BCUT2D eigenvalue weighted by molar-refractivity contribution is 0.102. The molecule has 0 aliphatic carbocycles. The van der Waals surface area contributed by atoms with E-state index in [0.717, 1.165) is 5.56 Å². The molecule has 0 aliphatic heterocycles. The Hall–Kier alpha value is -4.07. The lowest BCUT2D eigenvalue weighted by Crippen LogP contribution is -2.12. The molecule has 144 valence electrons. The van der Waals surface area contributed by atoms with Crippen LogP contribution in [0.15, 0.2) is 73.3 Å². The van der Waals surface area contributed by atoms with Gasteiger partial charge < -0.3 is 10.1 Å². The molecule has 2 aromatic carbocycles. The number of amides is 1. The van der Waals surface area contributed by atoms with Crippen molar-refractivity contribution in [2.75, 3.05) is 5.32 Å². The average Bonchev–Trinajstić information content (AvgIpc) is 3.28. The molecule has 8 heteroatoms. The Balaban J connectivity index is 1.58. The lowest BCUT2D eigenvalue weighted by atomic mass is 10.1. The standard InChI is InChI=1S/C21H18N6O2/c1-15-3-2-4-16(11-15)13-29-20-6-5-18(12-19(20)27-14-23-25-26-27)24-21(28)17-7-9-22-10-8-17/h2-12,14H,13H2,1H3,(H,24,28). The molecule has 0 aliphatic rings. The molecule has 4 rings (SSSR count). The first-order valence-electron chi connectivity index (χ1n) is 8.96. The van der Waals surface area contributed by atoms with Gasteiger partial charge in [-0.05, 0) is 53.2 Å². The monoisotopic (exact) mass is 386 g/mol. The Labute approximate surface area is 167 Å². The molecule has 0 fully saturated rings. The zero-order valence-electron chi connectivity index (χ0n) is 15.7. The zero-order valence-corrected chi connectivity index (χ0v) is 15.7. The summed E-state index contributed by atoms with van der Waals surface area (Å²) in [4.78, 5) is 16.3. The minimum absolute atomic E-state index is 0.233. The molecule has 4 aromatic rings. The van der Waals surface area contributed by atoms with Gasteiger partial charge in [0.2, 0.25) is 0 Å². The Morgan fingerprint density at radius 3 is 2.72 bits per heavy atom. The summed E-state index contributed by atoms with van der Waals surface area (Å²) >= 11 is 0. The quantitative estimate of drug-likeness (QED) is 0.547. The molecule has 1 amide bonds. The van der Waals surface area contributed by atoms with Crippen molar-refractivity contribution in [1.29, 1.82) is 0 Å². The second-order valence-electron chi connectivity index (χ2n) is 6.40. The van der Waals surface area contributed by atoms with Crippen molar-refractivity contribution in [3.05, 3.63) is 90.0 Å². The number of hydrogen-bond donors (Lipinski definition) is 1. The summed E-state index contributed by atoms with van der Waals surface area (Å²) in [5.74, 6) is 0.365. The predicted octanol–water partition coefficient (Wildman–Crippen LogP) is 3.20. The smallest absolute Gasteiger partial charge is 0.255 e. The summed E-state index contributed by atoms with van der Waals surface area (Å²) in [5, 5.41) is 14.2. The fourth-order valence-corrected chi connectivity index (χ4v) is 2.84. The summed E-state index contributed by atoms with van der Waals surface area (Å²) in [6, 6.07) is 16.7. The molecule has 0 saturated heterocycles. The number of hydrogen-bond acceptors (Lipinski definition) is 6. The Kier molecular flexibility index (Phi) is 5.24. The highest BCUT2D eigenvalue weighted by Gasteiger charge is 2.12. The fourth-order valence-electron chi connectivity index (χ4n) is 2.84. The average molecular weight is 386 g/mol. The van der Waals surface area contributed by atoms with E-state index in [1.165, 1.54) is 16.6 Å². The number of aryl methyl sites for hydroxylation is 1. The summed E-state index contributed by atoms with van der Waals surface area (Å²) < 4.78 is 7.50. The SMILES string of the molecule is Cc1cccc(COc2ccc(NC(=O)c3ccncc3)cc2-n2cnnn2)c1. The maximum Gasteiger partial charge on any atom is 0.255 e. The van der Waals surface area contributed by atoms with Crippen molar-refractivity contribution in [3.8, 4) is 11.4 Å². The summed E-state index contributed by atoms with van der Waals surface area (Å²) in [6.07, 6.45) is 4.62. The number of benzene rings is 2. The van der Waals surface area contributed by atoms with Crippen LogP contribution in [-0.4, -0.2) is 31.1 Å². The number of ether oxygens (including phenoxy) is 1. The third kappa shape index (κ3) is 4.44. The molecule has 0 atom stereocenters. The van der Waals surface area contributed by atoms with Gasteiger partial charge in [0.15, 0.2) is 0 Å². The van der Waals surface area contributed by atoms with Crippen LogP contribution < -0.4 is 10.1 Å². The first-order chi connectivity index (χ1) is 14.2. The molecule has 8 nitrogen and oxygen atoms in total. The lowest BCUT2D eigenvalue weighted by Gasteiger charge is -2.13. The van der Waals surface area contributed by atoms with E-state index >= 15 is 0 Å². The number of carbonyl (C=O) groups is 1. The normalized spacial score (nSPS) is 10.5. The van der Waals surface area contributed by atoms with Gasteiger partial charge in [-0.15, -0.1) is 5.10 Å². The van der Waals surface area contributed by atoms with Crippen LogP contribution in [0.3, 0.4) is 0 Å². The second kappa shape index (κ2) is 8.30. The molecular weight excluding hydrogens is 368 g/mol. The van der Waals surface area contributed by atoms with Gasteiger partial charge >= 0.3 is 0 Å². The van der Waals surface area contributed by atoms with E-state index in [-0.39, 0.29) is 5.91 Å². The zero-order chi connectivity index (χ0) is 20.1. The van der Waals surface area contributed by atoms with Crippen LogP contribution in [0.2, 0.25) is 0 Å². The van der Waals surface area contributed by atoms with E-state index in [9.17, 15) is 4.79 Å². The molecule has 0 radical (unpaired) electrons. The van der Waals surface area contributed by atoms with Crippen LogP contribution in [-0.2, 0) is 6.61 Å². The summed E-state index contributed by atoms with van der Waals surface area (Å²) in [7, 11) is 0. The van der Waals surface area contributed by atoms with Crippen molar-refractivity contribution < 1.29 is 9.53 Å². The first kappa shape index (κ1) is 18.3. The molecule has 0 saturated carbocycles. The second-order valence-corrected chi connectivity index (χ2v) is 6.40. The molecule has 0 bridgehead atoms. The van der Waals surface area contributed by atoms with Crippen molar-refractivity contribution >= 4 is 11.6 Å². The minimum Gasteiger partial charge on any atom is -0.487 e. The van der Waals surface area contributed by atoms with E-state index in [1.54, 1.807) is 42.7 Å². The van der Waals surface area contributed by atoms with Crippen molar-refractivity contribution in [2.24, 2.45) is 0 Å². The molecular formula is C21H18N6O2. The summed E-state index contributed by atoms with van der Waals surface area (Å²) in [5.41, 5.74) is 3.96. The highest BCUT2D eigenvalue weighted by Crippen LogP contribution is 2.27. The Morgan fingerprint density at radius 2 is 1.97 bits per heavy atom. The molecule has 2 aromatic heterocycles. The van der Waals surface area contributed by atoms with E-state index in [2.05, 4.69) is 31.9 Å². The van der Waals surface area contributed by atoms with Crippen LogP contribution >= 0.6 is 0 Å². The topological polar surface area (TPSA) is 94.8 Å². The van der Waals surface area contributed by atoms with Crippen molar-refractivity contribution in [3.63, 3.8) is 0 Å². The van der Waals surface area contributed by atoms with Crippen LogP contribution in [0.25, 0.3) is 5.69 Å². The van der Waals surface area contributed by atoms with Crippen LogP contribution in [0.4, 0.5) is 5.69 Å². The molecule has 0 unspecified atom stereocenters. The minimum atomic E-state index is -0.233. The van der Waals surface area contributed by atoms with Gasteiger partial charge in [0.25, 0.3) is 5.91 Å². The number of nitrogens with one attached hydrogen (secondary N) is 1. The number of tetrazole rings is 1. The van der Waals surface area contributed by atoms with Crippen LogP contribution in [0, 0.1) is 6.92 Å². The van der Waals surface area contributed by atoms with Crippen LogP contribution in [0.1, 0.15) is 21.5 Å². The number of aromatic nitrogens is 5. The molecule has 1 N–H and O–H groups in total. The van der Waals surface area contributed by atoms with Gasteiger partial charge in [-0.25, -0.2) is 0 Å². The number of rotatable bonds is 6. The highest BCUT2D eigenvalue weighted by atomic mass is 16.5. The Morgan fingerprint density at radius 1 is 1.10 bits per heavy atom. The largest absolute Gasteiger partial charge is 0.487 e. The maximum absolute atomic E-state index is 12.4. The van der Waals surface area contributed by atoms with Gasteiger partial charge in [-0.3, -0.25) is 9.78 Å². The summed E-state index contributed by atoms with van der Waals surface area (Å²) in [6.45, 7) is 2.44. The van der Waals surface area contributed by atoms with Gasteiger partial charge in [-0.2, -0.15) is 4.68 Å². The van der Waals surface area contributed by atoms with E-state index in [0.29, 0.717) is 29.3 Å². The van der Waals surface area contributed by atoms with E-state index in [4.69, 9.17) is 4.74 Å². The van der Waals surface area contributed by atoms with Crippen LogP contribution in [0.5, 0.6) is 5.75 Å². The predicted molar refractivity (Wildman–Crippen MR) is 107 cm³/mol. The van der Waals surface area contributed by atoms with Crippen molar-refractivity contribution in [1.82, 2.24) is 25.2 Å². The Bertz CT molecular complexity index is 1110. The molecule has 0 spiro atoms. The maximum atomic E-state index is 12.4. The number of nitrogens with zero attached hydrogens (tertiary/aromatic N) is 5. The number of anilines is 1. The van der Waals surface area contributed by atoms with E-state index < -0.39 is 0 Å². The number of carbonyl (C=O) groups excluding carboxylic acids is 1. The number of pyridine rings is 1. The first-order valence-corrected chi connectivity index (χ1v) is 8.96. The fraction of sp³-hybridized carbons (Fsp3) is 0.0952.